The fourth-order valence-corrected chi connectivity index (χ4v) is 3.45. The summed E-state index contributed by atoms with van der Waals surface area (Å²) in [6, 6.07) is 13.0. The third kappa shape index (κ3) is 6.15. The number of rotatable bonds is 9. The zero-order valence-corrected chi connectivity index (χ0v) is 17.2. The zero-order valence-electron chi connectivity index (χ0n) is 17.2. The number of benzene rings is 1. The molecule has 1 aromatic heterocycles. The van der Waals surface area contributed by atoms with E-state index >= 15 is 0 Å². The molecule has 2 heterocycles. The van der Waals surface area contributed by atoms with Crippen molar-refractivity contribution >= 4 is 17.9 Å². The third-order valence-corrected chi connectivity index (χ3v) is 5.03. The summed E-state index contributed by atoms with van der Waals surface area (Å²) in [6.45, 7) is 2.36. The summed E-state index contributed by atoms with van der Waals surface area (Å²) < 4.78 is 5.36. The Morgan fingerprint density at radius 3 is 2.93 bits per heavy atom. The maximum atomic E-state index is 12.4. The average Bonchev–Trinajstić information content (AvgIpc) is 2.77. The molecule has 2 aromatic rings. The number of methoxy groups -OCH3 is 1. The summed E-state index contributed by atoms with van der Waals surface area (Å²) in [5.74, 6) is 0.562. The lowest BCUT2D eigenvalue weighted by atomic mass is 10.1. The molecule has 1 fully saturated rings. The molecule has 1 unspecified atom stereocenters. The Balaban J connectivity index is 1.53. The average molecular weight is 409 g/mol. The molecule has 0 radical (unpaired) electrons. The summed E-state index contributed by atoms with van der Waals surface area (Å²) in [4.78, 5) is 31.1. The van der Waals surface area contributed by atoms with Crippen molar-refractivity contribution in [2.45, 2.75) is 18.9 Å². The minimum absolute atomic E-state index is 0.105. The van der Waals surface area contributed by atoms with Crippen molar-refractivity contribution in [3.05, 3.63) is 66.0 Å². The van der Waals surface area contributed by atoms with Gasteiger partial charge in [-0.1, -0.05) is 36.4 Å². The van der Waals surface area contributed by atoms with Crippen LogP contribution in [0.5, 0.6) is 5.75 Å². The molecule has 7 nitrogen and oxygen atoms in total. The minimum atomic E-state index is -0.476. The molecule has 1 aromatic carbocycles. The molecule has 0 spiro atoms. The maximum absolute atomic E-state index is 12.4. The van der Waals surface area contributed by atoms with E-state index in [9.17, 15) is 9.59 Å². The van der Waals surface area contributed by atoms with Gasteiger partial charge in [-0.3, -0.25) is 19.5 Å². The number of nitrogens with zero attached hydrogens (tertiary/aromatic N) is 2. The van der Waals surface area contributed by atoms with Crippen LogP contribution in [0.4, 0.5) is 0 Å². The highest BCUT2D eigenvalue weighted by Gasteiger charge is 2.30. The van der Waals surface area contributed by atoms with E-state index in [-0.39, 0.29) is 18.2 Å². The van der Waals surface area contributed by atoms with E-state index in [1.165, 1.54) is 0 Å². The van der Waals surface area contributed by atoms with Gasteiger partial charge in [0.05, 0.1) is 19.6 Å². The molecule has 2 amide bonds. The Bertz CT molecular complexity index is 870. The number of nitrogens with one attached hydrogen (secondary N) is 2. The first-order chi connectivity index (χ1) is 14.7. The summed E-state index contributed by atoms with van der Waals surface area (Å²) in [7, 11) is 1.64. The van der Waals surface area contributed by atoms with Crippen molar-refractivity contribution in [1.82, 2.24) is 20.5 Å². The number of hydrogen-bond donors (Lipinski definition) is 2. The standard InChI is InChI=1S/C23H28N4O3/c1-30-21-10-3-2-7-18(21)8-6-15-27-16-14-26-23(29)20(27)17-22(28)25-13-11-19-9-4-5-12-24-19/h2-10,12,20H,11,13-17H2,1H3,(H,25,28)(H,26,29). The first-order valence-electron chi connectivity index (χ1n) is 10.2. The van der Waals surface area contributed by atoms with Gasteiger partial charge in [-0.25, -0.2) is 0 Å². The van der Waals surface area contributed by atoms with Crippen LogP contribution in [-0.2, 0) is 16.0 Å². The van der Waals surface area contributed by atoms with E-state index < -0.39 is 6.04 Å². The predicted octanol–water partition coefficient (Wildman–Crippen LogP) is 1.65. The van der Waals surface area contributed by atoms with Crippen LogP contribution in [0.25, 0.3) is 6.08 Å². The van der Waals surface area contributed by atoms with Crippen LogP contribution >= 0.6 is 0 Å². The molecule has 30 heavy (non-hydrogen) atoms. The quantitative estimate of drug-likeness (QED) is 0.659. The molecular formula is C23H28N4O3. The van der Waals surface area contributed by atoms with Gasteiger partial charge >= 0.3 is 0 Å². The second-order valence-electron chi connectivity index (χ2n) is 7.07. The van der Waals surface area contributed by atoms with Gasteiger partial charge in [0.2, 0.25) is 11.8 Å². The fourth-order valence-electron chi connectivity index (χ4n) is 3.45. The van der Waals surface area contributed by atoms with Gasteiger partial charge in [0, 0.05) is 50.1 Å². The van der Waals surface area contributed by atoms with Gasteiger partial charge in [-0.05, 0) is 18.2 Å². The van der Waals surface area contributed by atoms with Gasteiger partial charge in [-0.2, -0.15) is 0 Å². The topological polar surface area (TPSA) is 83.6 Å². The monoisotopic (exact) mass is 408 g/mol. The molecule has 7 heteroatoms. The zero-order chi connectivity index (χ0) is 21.2. The summed E-state index contributed by atoms with van der Waals surface area (Å²) in [5.41, 5.74) is 1.90. The van der Waals surface area contributed by atoms with Crippen molar-refractivity contribution in [2.75, 3.05) is 33.3 Å². The lowest BCUT2D eigenvalue weighted by Gasteiger charge is -2.33. The normalized spacial score (nSPS) is 17.0. The Morgan fingerprint density at radius 1 is 1.30 bits per heavy atom. The number of ether oxygens (including phenoxy) is 1. The highest BCUT2D eigenvalue weighted by molar-refractivity contribution is 5.88. The first-order valence-corrected chi connectivity index (χ1v) is 10.2. The van der Waals surface area contributed by atoms with Crippen LogP contribution in [0, 0.1) is 0 Å². The van der Waals surface area contributed by atoms with Gasteiger partial charge < -0.3 is 15.4 Å². The van der Waals surface area contributed by atoms with Crippen LogP contribution in [0.3, 0.4) is 0 Å². The number of piperazine rings is 1. The molecule has 158 valence electrons. The fraction of sp³-hybridized carbons (Fsp3) is 0.348. The van der Waals surface area contributed by atoms with E-state index in [2.05, 4.69) is 15.6 Å². The Hall–Kier alpha value is -3.19. The second kappa shape index (κ2) is 11.1. The van der Waals surface area contributed by atoms with Gasteiger partial charge in [0.25, 0.3) is 0 Å². The third-order valence-electron chi connectivity index (χ3n) is 5.03. The Kier molecular flexibility index (Phi) is 7.97. The predicted molar refractivity (Wildman–Crippen MR) is 116 cm³/mol. The van der Waals surface area contributed by atoms with E-state index in [0.717, 1.165) is 17.0 Å². The highest BCUT2D eigenvalue weighted by atomic mass is 16.5. The number of carbonyl (C=O) groups excluding carboxylic acids is 2. The largest absolute Gasteiger partial charge is 0.496 e. The van der Waals surface area contributed by atoms with Crippen molar-refractivity contribution in [3.63, 3.8) is 0 Å². The van der Waals surface area contributed by atoms with E-state index in [1.54, 1.807) is 13.3 Å². The summed E-state index contributed by atoms with van der Waals surface area (Å²) in [5, 5.41) is 5.76. The van der Waals surface area contributed by atoms with Crippen molar-refractivity contribution < 1.29 is 14.3 Å². The molecule has 0 saturated carbocycles. The van der Waals surface area contributed by atoms with Crippen LogP contribution in [0.2, 0.25) is 0 Å². The summed E-state index contributed by atoms with van der Waals surface area (Å²) >= 11 is 0. The molecule has 1 aliphatic rings. The van der Waals surface area contributed by atoms with Gasteiger partial charge in [-0.15, -0.1) is 0 Å². The SMILES string of the molecule is COc1ccccc1C=CCN1CCNC(=O)C1CC(=O)NCCc1ccccn1. The van der Waals surface area contributed by atoms with E-state index in [1.807, 2.05) is 59.5 Å². The number of amides is 2. The molecule has 1 atom stereocenters. The number of hydrogen-bond acceptors (Lipinski definition) is 5. The lowest BCUT2D eigenvalue weighted by molar-refractivity contribution is -0.133. The molecule has 0 bridgehead atoms. The lowest BCUT2D eigenvalue weighted by Crippen LogP contribution is -2.56. The van der Waals surface area contributed by atoms with E-state index in [4.69, 9.17) is 4.74 Å². The minimum Gasteiger partial charge on any atom is -0.496 e. The number of para-hydroxylation sites is 1. The highest BCUT2D eigenvalue weighted by Crippen LogP contribution is 2.19. The van der Waals surface area contributed by atoms with Crippen LogP contribution in [0.1, 0.15) is 17.7 Å². The van der Waals surface area contributed by atoms with Crippen molar-refractivity contribution in [3.8, 4) is 5.75 Å². The van der Waals surface area contributed by atoms with Crippen LogP contribution in [0.15, 0.2) is 54.7 Å². The maximum Gasteiger partial charge on any atom is 0.237 e. The van der Waals surface area contributed by atoms with Gasteiger partial charge in [0.15, 0.2) is 0 Å². The second-order valence-corrected chi connectivity index (χ2v) is 7.07. The van der Waals surface area contributed by atoms with Gasteiger partial charge in [0.1, 0.15) is 5.75 Å². The Morgan fingerprint density at radius 2 is 2.13 bits per heavy atom. The van der Waals surface area contributed by atoms with Crippen molar-refractivity contribution in [1.29, 1.82) is 0 Å². The molecule has 3 rings (SSSR count). The molecular weight excluding hydrogens is 380 g/mol. The molecule has 1 aliphatic heterocycles. The van der Waals surface area contributed by atoms with Crippen LogP contribution in [-0.4, -0.2) is 61.0 Å². The smallest absolute Gasteiger partial charge is 0.237 e. The number of carbonyl (C=O) groups is 2. The van der Waals surface area contributed by atoms with Crippen LogP contribution < -0.4 is 15.4 Å². The number of aromatic nitrogens is 1. The molecule has 2 N–H and O–H groups in total. The Labute approximate surface area is 177 Å². The number of pyridine rings is 1. The first kappa shape index (κ1) is 21.5. The molecule has 1 saturated heterocycles. The summed E-state index contributed by atoms with van der Waals surface area (Å²) in [6.07, 6.45) is 6.52. The molecule has 0 aliphatic carbocycles. The van der Waals surface area contributed by atoms with Crippen molar-refractivity contribution in [2.24, 2.45) is 0 Å². The van der Waals surface area contributed by atoms with E-state index in [0.29, 0.717) is 32.6 Å².